The fourth-order valence-electron chi connectivity index (χ4n) is 6.69. The summed E-state index contributed by atoms with van der Waals surface area (Å²) in [6, 6.07) is 11.4. The number of carbonyl (C=O) groups excluding carboxylic acids is 1. The van der Waals surface area contributed by atoms with E-state index in [4.69, 9.17) is 4.98 Å². The molecular formula is C33H33F2N7O3S. The zero-order valence-electron chi connectivity index (χ0n) is 25.5. The van der Waals surface area contributed by atoms with E-state index in [-0.39, 0.29) is 23.8 Å². The number of amides is 1. The first-order valence-electron chi connectivity index (χ1n) is 15.2. The van der Waals surface area contributed by atoms with Gasteiger partial charge in [0.25, 0.3) is 0 Å². The molecule has 1 amide bonds. The van der Waals surface area contributed by atoms with E-state index < -0.39 is 17.5 Å². The molecule has 3 aliphatic rings. The van der Waals surface area contributed by atoms with Crippen LogP contribution in [0.5, 0.6) is 0 Å². The highest BCUT2D eigenvalue weighted by atomic mass is 32.1. The highest BCUT2D eigenvalue weighted by molar-refractivity contribution is 7.16. The third-order valence-electron chi connectivity index (χ3n) is 9.08. The standard InChI is InChI=1S/C33H33F2N7O3S/c1-33(45)17-42(18-33)27(44)16-40-9-11-41(12-10-40)21-13-23-29(24(35)14-21)37-30-22(7-8-25(30)43)31(23)39(2)32-38-28(26(15-36)46-32)19-3-5-20(34)6-4-19/h3-6,13-14,25,43,45H,7-12,16-18H2,1-2H3/t25-/m0/s1. The van der Waals surface area contributed by atoms with Gasteiger partial charge in [-0.25, -0.2) is 18.7 Å². The van der Waals surface area contributed by atoms with Gasteiger partial charge in [-0.15, -0.1) is 0 Å². The number of likely N-dealkylation sites (tertiary alicyclic amines) is 1. The minimum Gasteiger partial charge on any atom is -0.387 e. The van der Waals surface area contributed by atoms with Crippen molar-refractivity contribution in [2.75, 3.05) is 62.7 Å². The maximum atomic E-state index is 15.9. The maximum Gasteiger partial charge on any atom is 0.236 e. The summed E-state index contributed by atoms with van der Waals surface area (Å²) in [5.41, 5.74) is 3.01. The Morgan fingerprint density at radius 2 is 1.87 bits per heavy atom. The maximum absolute atomic E-state index is 15.9. The lowest BCUT2D eigenvalue weighted by Crippen LogP contribution is -2.63. The summed E-state index contributed by atoms with van der Waals surface area (Å²) < 4.78 is 29.5. The van der Waals surface area contributed by atoms with Crippen LogP contribution < -0.4 is 9.80 Å². The third kappa shape index (κ3) is 5.45. The number of nitriles is 1. The third-order valence-corrected chi connectivity index (χ3v) is 10.1. The molecule has 0 saturated carbocycles. The predicted molar refractivity (Wildman–Crippen MR) is 171 cm³/mol. The molecule has 2 aliphatic heterocycles. The second-order valence-corrected chi connectivity index (χ2v) is 13.5. The first kappa shape index (κ1) is 30.4. The van der Waals surface area contributed by atoms with Crippen LogP contribution in [-0.2, 0) is 11.2 Å². The fourth-order valence-corrected chi connectivity index (χ4v) is 7.54. The SMILES string of the molecule is CN(c1nc(-c2ccc(F)cc2)c(C#N)s1)c1c2c(nc3c(F)cc(N4CCN(CC(=O)N5CC(C)(O)C5)CC4)cc13)[C@@H](O)CC2. The van der Waals surface area contributed by atoms with Crippen LogP contribution in [-0.4, -0.2) is 94.4 Å². The molecule has 7 rings (SSSR count). The normalized spacial score (nSPS) is 19.2. The topological polar surface area (TPSA) is 120 Å². The van der Waals surface area contributed by atoms with E-state index >= 15 is 4.39 Å². The van der Waals surface area contributed by atoms with E-state index in [1.54, 1.807) is 24.0 Å². The minimum absolute atomic E-state index is 0.00384. The summed E-state index contributed by atoms with van der Waals surface area (Å²) in [6.45, 7) is 5.13. The predicted octanol–water partition coefficient (Wildman–Crippen LogP) is 3.97. The molecule has 1 aliphatic carbocycles. The van der Waals surface area contributed by atoms with Crippen LogP contribution >= 0.6 is 11.3 Å². The number of β-amino-alcohol motifs (C(OH)–C–C–N with tert-alkyl or cyclic N) is 1. The number of benzene rings is 2. The number of nitrogens with zero attached hydrogens (tertiary/aromatic N) is 7. The summed E-state index contributed by atoms with van der Waals surface area (Å²) in [5.74, 6) is -0.895. The van der Waals surface area contributed by atoms with Crippen molar-refractivity contribution in [1.82, 2.24) is 19.8 Å². The number of fused-ring (bicyclic) bond motifs is 2. The molecule has 4 heterocycles. The van der Waals surface area contributed by atoms with Gasteiger partial charge in [0.1, 0.15) is 28.0 Å². The van der Waals surface area contributed by atoms with Crippen molar-refractivity contribution in [3.63, 3.8) is 0 Å². The monoisotopic (exact) mass is 645 g/mol. The number of thiazole rings is 1. The Morgan fingerprint density at radius 3 is 2.54 bits per heavy atom. The van der Waals surface area contributed by atoms with Gasteiger partial charge in [-0.1, -0.05) is 11.3 Å². The van der Waals surface area contributed by atoms with Crippen LogP contribution in [0.15, 0.2) is 36.4 Å². The molecule has 10 nitrogen and oxygen atoms in total. The largest absolute Gasteiger partial charge is 0.387 e. The fraction of sp³-hybridized carbons (Fsp3) is 0.394. The van der Waals surface area contributed by atoms with Gasteiger partial charge in [-0.2, -0.15) is 5.26 Å². The summed E-state index contributed by atoms with van der Waals surface area (Å²) >= 11 is 1.19. The molecule has 238 valence electrons. The smallest absolute Gasteiger partial charge is 0.236 e. The van der Waals surface area contributed by atoms with Crippen molar-refractivity contribution in [3.8, 4) is 17.3 Å². The van der Waals surface area contributed by atoms with E-state index in [2.05, 4.69) is 20.9 Å². The average Bonchev–Trinajstić information content (AvgIpc) is 3.63. The summed E-state index contributed by atoms with van der Waals surface area (Å²) in [5, 5.41) is 31.7. The lowest BCUT2D eigenvalue weighted by Gasteiger charge is -2.45. The molecule has 1 atom stereocenters. The van der Waals surface area contributed by atoms with Crippen molar-refractivity contribution >= 4 is 44.7 Å². The summed E-state index contributed by atoms with van der Waals surface area (Å²) in [7, 11) is 1.81. The van der Waals surface area contributed by atoms with Gasteiger partial charge < -0.3 is 24.9 Å². The Kier molecular flexibility index (Phi) is 7.64. The van der Waals surface area contributed by atoms with Crippen LogP contribution in [0, 0.1) is 23.0 Å². The lowest BCUT2D eigenvalue weighted by molar-refractivity contribution is -0.153. The van der Waals surface area contributed by atoms with Crippen LogP contribution in [0.4, 0.5) is 25.3 Å². The number of aliphatic hydroxyl groups is 2. The number of halogens is 2. The number of hydrogen-bond acceptors (Lipinski definition) is 10. The molecule has 2 N–H and O–H groups in total. The van der Waals surface area contributed by atoms with Gasteiger partial charge in [0.05, 0.1) is 42.7 Å². The molecule has 0 unspecified atom stereocenters. The lowest BCUT2D eigenvalue weighted by atomic mass is 9.97. The Hall–Kier alpha value is -4.22. The first-order valence-corrected chi connectivity index (χ1v) is 16.0. The van der Waals surface area contributed by atoms with Gasteiger partial charge in [-0.3, -0.25) is 9.69 Å². The van der Waals surface area contributed by atoms with Gasteiger partial charge in [0.15, 0.2) is 10.9 Å². The molecule has 46 heavy (non-hydrogen) atoms. The van der Waals surface area contributed by atoms with Crippen LogP contribution in [0.3, 0.4) is 0 Å². The summed E-state index contributed by atoms with van der Waals surface area (Å²) in [4.78, 5) is 30.0. The number of piperazine rings is 1. The zero-order chi connectivity index (χ0) is 32.3. The molecule has 4 aromatic rings. The summed E-state index contributed by atoms with van der Waals surface area (Å²) in [6.07, 6.45) is 0.196. The second kappa shape index (κ2) is 11.5. The highest BCUT2D eigenvalue weighted by Crippen LogP contribution is 2.45. The quantitative estimate of drug-likeness (QED) is 0.321. The van der Waals surface area contributed by atoms with Crippen molar-refractivity contribution in [3.05, 3.63) is 64.2 Å². The van der Waals surface area contributed by atoms with Gasteiger partial charge in [0, 0.05) is 55.4 Å². The number of aliphatic hydroxyl groups excluding tert-OH is 1. The molecule has 13 heteroatoms. The van der Waals surface area contributed by atoms with Gasteiger partial charge in [-0.05, 0) is 56.2 Å². The molecule has 2 aromatic heterocycles. The van der Waals surface area contributed by atoms with Gasteiger partial charge in [0.2, 0.25) is 5.91 Å². The Bertz CT molecular complexity index is 1880. The number of hydrogen-bond donors (Lipinski definition) is 2. The van der Waals surface area contributed by atoms with E-state index in [0.29, 0.717) is 95.8 Å². The number of rotatable bonds is 6. The van der Waals surface area contributed by atoms with Crippen molar-refractivity contribution in [1.29, 1.82) is 5.26 Å². The highest BCUT2D eigenvalue weighted by Gasteiger charge is 2.40. The molecule has 0 radical (unpaired) electrons. The van der Waals surface area contributed by atoms with E-state index in [0.717, 1.165) is 5.56 Å². The van der Waals surface area contributed by atoms with Crippen LogP contribution in [0.25, 0.3) is 22.2 Å². The first-order chi connectivity index (χ1) is 22.0. The van der Waals surface area contributed by atoms with Crippen LogP contribution in [0.1, 0.15) is 35.6 Å². The molecular weight excluding hydrogens is 612 g/mol. The molecule has 2 fully saturated rings. The van der Waals surface area contributed by atoms with Gasteiger partial charge >= 0.3 is 0 Å². The average molecular weight is 646 g/mol. The van der Waals surface area contributed by atoms with Crippen molar-refractivity contribution in [2.45, 2.75) is 31.5 Å². The van der Waals surface area contributed by atoms with E-state index in [9.17, 15) is 24.7 Å². The minimum atomic E-state index is -0.815. The molecule has 2 saturated heterocycles. The zero-order valence-corrected chi connectivity index (χ0v) is 26.3. The van der Waals surface area contributed by atoms with Crippen LogP contribution in [0.2, 0.25) is 0 Å². The Morgan fingerprint density at radius 1 is 1.15 bits per heavy atom. The molecule has 0 bridgehead atoms. The number of carbonyl (C=O) groups is 1. The Labute approximate surface area is 268 Å². The number of aromatic nitrogens is 2. The van der Waals surface area contributed by atoms with E-state index in [1.165, 1.54) is 29.5 Å². The van der Waals surface area contributed by atoms with E-state index in [1.807, 2.05) is 18.0 Å². The van der Waals surface area contributed by atoms with Crippen molar-refractivity contribution < 1.29 is 23.8 Å². The molecule has 0 spiro atoms. The molecule has 2 aromatic carbocycles. The van der Waals surface area contributed by atoms with Crippen molar-refractivity contribution in [2.24, 2.45) is 0 Å². The Balaban J connectivity index is 1.20. The number of anilines is 3. The number of pyridine rings is 1. The second-order valence-electron chi connectivity index (χ2n) is 12.6.